The third kappa shape index (κ3) is 3.75. The van der Waals surface area contributed by atoms with Crippen LogP contribution in [0, 0.1) is 5.41 Å². The lowest BCUT2D eigenvalue weighted by Crippen LogP contribution is -2.48. The minimum absolute atomic E-state index is 0.0663. The Balaban J connectivity index is 2.03. The van der Waals surface area contributed by atoms with E-state index >= 15 is 0 Å². The summed E-state index contributed by atoms with van der Waals surface area (Å²) < 4.78 is 0. The van der Waals surface area contributed by atoms with Crippen molar-refractivity contribution in [3.8, 4) is 0 Å². The number of hydrogen-bond donors (Lipinski definition) is 1. The summed E-state index contributed by atoms with van der Waals surface area (Å²) >= 11 is 1.53. The molecule has 1 saturated heterocycles. The van der Waals surface area contributed by atoms with Gasteiger partial charge in [-0.25, -0.2) is 0 Å². The molecule has 128 valence electrons. The Hall–Kier alpha value is -1.40. The first-order chi connectivity index (χ1) is 11.1. The molecule has 2 rings (SSSR count). The number of nitrogens with two attached hydrogens (primary N) is 1. The van der Waals surface area contributed by atoms with Crippen molar-refractivity contribution in [3.05, 3.63) is 22.4 Å². The van der Waals surface area contributed by atoms with Crippen LogP contribution in [0.4, 0.5) is 0 Å². The summed E-state index contributed by atoms with van der Waals surface area (Å²) in [6.45, 7) is 7.02. The zero-order valence-electron chi connectivity index (χ0n) is 14.1. The van der Waals surface area contributed by atoms with Gasteiger partial charge in [-0.05, 0) is 30.7 Å². The van der Waals surface area contributed by atoms with Gasteiger partial charge >= 0.3 is 0 Å². The third-order valence-electron chi connectivity index (χ3n) is 5.04. The second-order valence-electron chi connectivity index (χ2n) is 6.14. The molecule has 0 aromatic carbocycles. The van der Waals surface area contributed by atoms with Crippen LogP contribution in [0.1, 0.15) is 43.5 Å². The van der Waals surface area contributed by atoms with E-state index in [9.17, 15) is 9.59 Å². The van der Waals surface area contributed by atoms with Gasteiger partial charge in [0.25, 0.3) is 5.91 Å². The molecule has 2 amide bonds. The Morgan fingerprint density at radius 3 is 2.39 bits per heavy atom. The van der Waals surface area contributed by atoms with Crippen LogP contribution in [0.15, 0.2) is 16.8 Å². The molecule has 1 aliphatic rings. The number of rotatable bonds is 5. The maximum absolute atomic E-state index is 12.9. The molecule has 5 nitrogen and oxygen atoms in total. The van der Waals surface area contributed by atoms with E-state index in [2.05, 4.69) is 0 Å². The molecule has 0 bridgehead atoms. The molecule has 6 heteroatoms. The Morgan fingerprint density at radius 1 is 1.17 bits per heavy atom. The molecule has 2 N–H and O–H groups in total. The number of amides is 2. The van der Waals surface area contributed by atoms with Gasteiger partial charge in [-0.2, -0.15) is 11.3 Å². The smallest absolute Gasteiger partial charge is 0.254 e. The van der Waals surface area contributed by atoms with E-state index in [4.69, 9.17) is 5.73 Å². The number of nitrogens with zero attached hydrogens (tertiary/aromatic N) is 2. The molecule has 0 spiro atoms. The number of hydrogen-bond acceptors (Lipinski definition) is 4. The molecule has 1 aliphatic heterocycles. The second-order valence-corrected chi connectivity index (χ2v) is 6.92. The Kier molecular flexibility index (Phi) is 6.18. The predicted octanol–water partition coefficient (Wildman–Crippen LogP) is 2.19. The highest BCUT2D eigenvalue weighted by atomic mass is 32.1. The second kappa shape index (κ2) is 7.93. The van der Waals surface area contributed by atoms with Gasteiger partial charge in [-0.15, -0.1) is 0 Å². The van der Waals surface area contributed by atoms with E-state index in [0.717, 1.165) is 24.8 Å². The fraction of sp³-hybridized carbons (Fsp3) is 0.647. The molecular weight excluding hydrogens is 310 g/mol. The van der Waals surface area contributed by atoms with Crippen molar-refractivity contribution in [1.82, 2.24) is 9.80 Å². The van der Waals surface area contributed by atoms with E-state index < -0.39 is 5.41 Å². The molecule has 1 fully saturated rings. The Morgan fingerprint density at radius 2 is 1.83 bits per heavy atom. The van der Waals surface area contributed by atoms with Gasteiger partial charge in [0.05, 0.1) is 11.0 Å². The van der Waals surface area contributed by atoms with Crippen LogP contribution in [0.3, 0.4) is 0 Å². The van der Waals surface area contributed by atoms with Gasteiger partial charge in [0.15, 0.2) is 0 Å². The summed E-state index contributed by atoms with van der Waals surface area (Å²) in [6, 6.07) is 1.86. The first kappa shape index (κ1) is 17.9. The molecule has 0 radical (unpaired) electrons. The van der Waals surface area contributed by atoms with Gasteiger partial charge in [0.1, 0.15) is 0 Å². The van der Waals surface area contributed by atoms with Crippen molar-refractivity contribution in [2.24, 2.45) is 11.1 Å². The summed E-state index contributed by atoms with van der Waals surface area (Å²) in [5, 5.41) is 3.79. The Bertz CT molecular complexity index is 518. The summed E-state index contributed by atoms with van der Waals surface area (Å²) in [4.78, 5) is 29.1. The fourth-order valence-electron chi connectivity index (χ4n) is 3.16. The third-order valence-corrected chi connectivity index (χ3v) is 5.72. The van der Waals surface area contributed by atoms with Gasteiger partial charge in [-0.1, -0.05) is 13.8 Å². The van der Waals surface area contributed by atoms with Crippen LogP contribution >= 0.6 is 11.3 Å². The summed E-state index contributed by atoms with van der Waals surface area (Å²) in [5.41, 5.74) is 6.20. The highest BCUT2D eigenvalue weighted by Crippen LogP contribution is 2.28. The standard InChI is InChI=1S/C17H27N3O2S/c1-3-17(4-2,13-18)16(22)20-8-5-7-19(9-10-20)15(21)14-6-11-23-12-14/h6,11-12H,3-5,7-10,13,18H2,1-2H3. The molecule has 2 heterocycles. The predicted molar refractivity (Wildman–Crippen MR) is 93.5 cm³/mol. The Labute approximate surface area is 142 Å². The maximum Gasteiger partial charge on any atom is 0.254 e. The quantitative estimate of drug-likeness (QED) is 0.895. The zero-order valence-corrected chi connectivity index (χ0v) is 14.9. The van der Waals surface area contributed by atoms with Crippen molar-refractivity contribution >= 4 is 23.2 Å². The van der Waals surface area contributed by atoms with E-state index in [0.29, 0.717) is 32.7 Å². The molecular formula is C17H27N3O2S. The summed E-state index contributed by atoms with van der Waals surface area (Å²) in [7, 11) is 0. The minimum atomic E-state index is -0.452. The average molecular weight is 337 g/mol. The van der Waals surface area contributed by atoms with Gasteiger partial charge in [0, 0.05) is 38.1 Å². The first-order valence-electron chi connectivity index (χ1n) is 8.39. The molecule has 0 unspecified atom stereocenters. The van der Waals surface area contributed by atoms with Gasteiger partial charge in [0.2, 0.25) is 5.91 Å². The molecule has 0 saturated carbocycles. The lowest BCUT2D eigenvalue weighted by Gasteiger charge is -2.34. The number of thiophene rings is 1. The van der Waals surface area contributed by atoms with E-state index in [1.165, 1.54) is 11.3 Å². The topological polar surface area (TPSA) is 66.6 Å². The van der Waals surface area contributed by atoms with Crippen molar-refractivity contribution in [2.45, 2.75) is 33.1 Å². The van der Waals surface area contributed by atoms with Crippen molar-refractivity contribution in [2.75, 3.05) is 32.7 Å². The normalized spacial score (nSPS) is 16.3. The van der Waals surface area contributed by atoms with E-state index in [1.54, 1.807) is 0 Å². The van der Waals surface area contributed by atoms with Crippen LogP contribution in [0.25, 0.3) is 0 Å². The van der Waals surface area contributed by atoms with Crippen LogP contribution in [-0.4, -0.2) is 54.3 Å². The lowest BCUT2D eigenvalue weighted by molar-refractivity contribution is -0.142. The monoisotopic (exact) mass is 337 g/mol. The summed E-state index contributed by atoms with van der Waals surface area (Å²) in [5.74, 6) is 0.214. The SMILES string of the molecule is CCC(CC)(CN)C(=O)N1CCCN(C(=O)c2ccsc2)CC1. The van der Waals surface area contributed by atoms with Crippen LogP contribution < -0.4 is 5.73 Å². The highest BCUT2D eigenvalue weighted by molar-refractivity contribution is 7.08. The van der Waals surface area contributed by atoms with Crippen LogP contribution in [0.5, 0.6) is 0 Å². The van der Waals surface area contributed by atoms with Crippen molar-refractivity contribution < 1.29 is 9.59 Å². The minimum Gasteiger partial charge on any atom is -0.340 e. The average Bonchev–Trinajstić information content (AvgIpc) is 3.01. The molecule has 1 aromatic heterocycles. The molecule has 0 aliphatic carbocycles. The molecule has 23 heavy (non-hydrogen) atoms. The number of carbonyl (C=O) groups is 2. The molecule has 0 atom stereocenters. The lowest BCUT2D eigenvalue weighted by atomic mass is 9.81. The van der Waals surface area contributed by atoms with Crippen LogP contribution in [-0.2, 0) is 4.79 Å². The zero-order chi connectivity index (χ0) is 16.9. The van der Waals surface area contributed by atoms with Crippen LogP contribution in [0.2, 0.25) is 0 Å². The van der Waals surface area contributed by atoms with Crippen molar-refractivity contribution in [3.63, 3.8) is 0 Å². The maximum atomic E-state index is 12.9. The first-order valence-corrected chi connectivity index (χ1v) is 9.33. The number of carbonyl (C=O) groups excluding carboxylic acids is 2. The van der Waals surface area contributed by atoms with Gasteiger partial charge in [-0.3, -0.25) is 9.59 Å². The van der Waals surface area contributed by atoms with E-state index in [-0.39, 0.29) is 11.8 Å². The van der Waals surface area contributed by atoms with Crippen molar-refractivity contribution in [1.29, 1.82) is 0 Å². The van der Waals surface area contributed by atoms with E-state index in [1.807, 2.05) is 40.5 Å². The fourth-order valence-corrected chi connectivity index (χ4v) is 3.79. The largest absolute Gasteiger partial charge is 0.340 e. The highest BCUT2D eigenvalue weighted by Gasteiger charge is 2.37. The summed E-state index contributed by atoms with van der Waals surface area (Å²) in [6.07, 6.45) is 2.33. The molecule has 1 aromatic rings. The van der Waals surface area contributed by atoms with Gasteiger partial charge < -0.3 is 15.5 Å².